The minimum atomic E-state index is -0.481. The Hall–Kier alpha value is -2.41. The molecule has 1 N–H and O–H groups in total. The lowest BCUT2D eigenvalue weighted by atomic mass is 10.2. The summed E-state index contributed by atoms with van der Waals surface area (Å²) in [6.07, 6.45) is 2.13. The molecule has 1 heterocycles. The Morgan fingerprint density at radius 3 is 2.60 bits per heavy atom. The molecule has 7 heteroatoms. The van der Waals surface area contributed by atoms with Gasteiger partial charge in [-0.1, -0.05) is 30.0 Å². The van der Waals surface area contributed by atoms with Gasteiger partial charge in [-0.2, -0.15) is 0 Å². The fraction of sp³-hybridized carbons (Fsp3) is 0.333. The first-order valence-electron chi connectivity index (χ1n) is 8.03. The predicted molar refractivity (Wildman–Crippen MR) is 95.9 cm³/mol. The quantitative estimate of drug-likeness (QED) is 0.486. The second-order valence-corrected chi connectivity index (χ2v) is 6.78. The van der Waals surface area contributed by atoms with E-state index in [0.717, 1.165) is 24.4 Å². The topological polar surface area (TPSA) is 81.2 Å². The molecular formula is C18H19N3O3S. The number of hydrogen-bond acceptors (Lipinski definition) is 6. The number of hydrogen-bond donors (Lipinski definition) is 1. The van der Waals surface area contributed by atoms with Gasteiger partial charge in [0.2, 0.25) is 5.91 Å². The average Bonchev–Trinajstić information content (AvgIpc) is 3.45. The standard InChI is InChI=1S/C18H19N3O3S/c1-11-15(18(23)24-2)17(21-16(19-11)12-8-9-12)25-10-14(22)20-13-6-4-3-5-7-13/h3-7,12H,8-10H2,1-2H3,(H,20,22). The molecule has 0 unspecified atom stereocenters. The first kappa shape index (κ1) is 17.4. The van der Waals surface area contributed by atoms with Gasteiger partial charge >= 0.3 is 5.97 Å². The summed E-state index contributed by atoms with van der Waals surface area (Å²) < 4.78 is 4.84. The summed E-state index contributed by atoms with van der Waals surface area (Å²) in [6.45, 7) is 1.77. The van der Waals surface area contributed by atoms with Crippen LogP contribution in [0.5, 0.6) is 0 Å². The lowest BCUT2D eigenvalue weighted by molar-refractivity contribution is -0.113. The van der Waals surface area contributed by atoms with Crippen molar-refractivity contribution in [3.63, 3.8) is 0 Å². The zero-order chi connectivity index (χ0) is 17.8. The normalized spacial score (nSPS) is 13.4. The van der Waals surface area contributed by atoms with E-state index in [9.17, 15) is 9.59 Å². The number of carbonyl (C=O) groups excluding carboxylic acids is 2. The van der Waals surface area contributed by atoms with Crippen LogP contribution in [0.2, 0.25) is 0 Å². The molecule has 0 atom stereocenters. The molecule has 1 fully saturated rings. The number of ether oxygens (including phenoxy) is 1. The Labute approximate surface area is 150 Å². The zero-order valence-electron chi connectivity index (χ0n) is 14.1. The highest BCUT2D eigenvalue weighted by Crippen LogP contribution is 2.39. The van der Waals surface area contributed by atoms with E-state index in [1.165, 1.54) is 18.9 Å². The van der Waals surface area contributed by atoms with E-state index in [4.69, 9.17) is 4.74 Å². The number of aryl methyl sites for hydroxylation is 1. The molecule has 1 aliphatic carbocycles. The molecule has 1 amide bonds. The Morgan fingerprint density at radius 2 is 1.96 bits per heavy atom. The highest BCUT2D eigenvalue weighted by atomic mass is 32.2. The SMILES string of the molecule is COC(=O)c1c(C)nc(C2CC2)nc1SCC(=O)Nc1ccccc1. The number of carbonyl (C=O) groups is 2. The van der Waals surface area contributed by atoms with Crippen molar-refractivity contribution in [2.45, 2.75) is 30.7 Å². The average molecular weight is 357 g/mol. The van der Waals surface area contributed by atoms with Crippen LogP contribution in [0.4, 0.5) is 5.69 Å². The molecule has 0 bridgehead atoms. The number of nitrogens with zero attached hydrogens (tertiary/aromatic N) is 2. The van der Waals surface area contributed by atoms with Gasteiger partial charge < -0.3 is 10.1 Å². The van der Waals surface area contributed by atoms with Gasteiger partial charge in [0.05, 0.1) is 18.6 Å². The first-order chi connectivity index (χ1) is 12.1. The van der Waals surface area contributed by atoms with Crippen LogP contribution >= 0.6 is 11.8 Å². The molecule has 25 heavy (non-hydrogen) atoms. The summed E-state index contributed by atoms with van der Waals surface area (Å²) in [4.78, 5) is 33.2. The van der Waals surface area contributed by atoms with Crippen molar-refractivity contribution in [1.29, 1.82) is 0 Å². The van der Waals surface area contributed by atoms with E-state index in [-0.39, 0.29) is 11.7 Å². The van der Waals surface area contributed by atoms with Crippen LogP contribution < -0.4 is 5.32 Å². The molecule has 2 aromatic rings. The van der Waals surface area contributed by atoms with Crippen LogP contribution in [0.3, 0.4) is 0 Å². The minimum absolute atomic E-state index is 0.152. The number of amides is 1. The molecule has 1 aromatic carbocycles. The largest absolute Gasteiger partial charge is 0.465 e. The number of anilines is 1. The maximum absolute atomic E-state index is 12.2. The van der Waals surface area contributed by atoms with Crippen LogP contribution in [0.1, 0.15) is 40.6 Å². The summed E-state index contributed by atoms with van der Waals surface area (Å²) in [5.74, 6) is 0.625. The number of thioether (sulfide) groups is 1. The molecule has 0 saturated heterocycles. The number of para-hydroxylation sites is 1. The third-order valence-corrected chi connectivity index (χ3v) is 4.78. The van der Waals surface area contributed by atoms with Crippen molar-refractivity contribution in [2.75, 3.05) is 18.2 Å². The molecule has 130 valence electrons. The van der Waals surface area contributed by atoms with Crippen LogP contribution in [-0.4, -0.2) is 34.7 Å². The van der Waals surface area contributed by atoms with Crippen molar-refractivity contribution in [3.05, 3.63) is 47.4 Å². The number of nitrogens with one attached hydrogen (secondary N) is 1. The maximum Gasteiger partial charge on any atom is 0.342 e. The monoisotopic (exact) mass is 357 g/mol. The summed E-state index contributed by atoms with van der Waals surface area (Å²) >= 11 is 1.23. The lowest BCUT2D eigenvalue weighted by Gasteiger charge is -2.11. The van der Waals surface area contributed by atoms with E-state index < -0.39 is 5.97 Å². The molecule has 1 aromatic heterocycles. The molecule has 3 rings (SSSR count). The fourth-order valence-corrected chi connectivity index (χ4v) is 3.26. The van der Waals surface area contributed by atoms with Gasteiger partial charge in [-0.25, -0.2) is 14.8 Å². The van der Waals surface area contributed by atoms with Crippen LogP contribution in [0.15, 0.2) is 35.4 Å². The van der Waals surface area contributed by atoms with Gasteiger partial charge in [0.25, 0.3) is 0 Å². The summed E-state index contributed by atoms with van der Waals surface area (Å²) in [5.41, 5.74) is 1.66. The molecule has 1 aliphatic rings. The van der Waals surface area contributed by atoms with Gasteiger partial charge in [-0.3, -0.25) is 4.79 Å². The molecular weight excluding hydrogens is 338 g/mol. The number of esters is 1. The minimum Gasteiger partial charge on any atom is -0.465 e. The summed E-state index contributed by atoms with van der Waals surface area (Å²) in [5, 5.41) is 3.32. The van der Waals surface area contributed by atoms with Crippen molar-refractivity contribution in [3.8, 4) is 0 Å². The van der Waals surface area contributed by atoms with E-state index in [1.807, 2.05) is 30.3 Å². The van der Waals surface area contributed by atoms with Crippen LogP contribution in [0.25, 0.3) is 0 Å². The van der Waals surface area contributed by atoms with Gasteiger partial charge in [0.15, 0.2) is 0 Å². The van der Waals surface area contributed by atoms with Crippen molar-refractivity contribution in [2.24, 2.45) is 0 Å². The van der Waals surface area contributed by atoms with Crippen LogP contribution in [0, 0.1) is 6.92 Å². The third-order valence-electron chi connectivity index (χ3n) is 3.80. The number of methoxy groups -OCH3 is 1. The van der Waals surface area contributed by atoms with Crippen molar-refractivity contribution < 1.29 is 14.3 Å². The van der Waals surface area contributed by atoms with Gasteiger partial charge in [-0.15, -0.1) is 0 Å². The number of aromatic nitrogens is 2. The molecule has 1 saturated carbocycles. The van der Waals surface area contributed by atoms with E-state index in [2.05, 4.69) is 15.3 Å². The van der Waals surface area contributed by atoms with E-state index in [1.54, 1.807) is 6.92 Å². The van der Waals surface area contributed by atoms with Crippen molar-refractivity contribution in [1.82, 2.24) is 9.97 Å². The van der Waals surface area contributed by atoms with Gasteiger partial charge in [0, 0.05) is 11.6 Å². The zero-order valence-corrected chi connectivity index (χ0v) is 14.9. The fourth-order valence-electron chi connectivity index (χ4n) is 2.39. The maximum atomic E-state index is 12.2. The molecule has 0 aliphatic heterocycles. The molecule has 0 spiro atoms. The smallest absolute Gasteiger partial charge is 0.342 e. The molecule has 6 nitrogen and oxygen atoms in total. The number of benzene rings is 1. The second kappa shape index (κ2) is 7.65. The highest BCUT2D eigenvalue weighted by molar-refractivity contribution is 8.00. The Balaban J connectivity index is 1.75. The molecule has 0 radical (unpaired) electrons. The van der Waals surface area contributed by atoms with Gasteiger partial charge in [-0.05, 0) is 31.9 Å². The number of rotatable bonds is 6. The van der Waals surface area contributed by atoms with E-state index in [0.29, 0.717) is 22.2 Å². The summed E-state index contributed by atoms with van der Waals surface area (Å²) in [7, 11) is 1.33. The van der Waals surface area contributed by atoms with E-state index >= 15 is 0 Å². The van der Waals surface area contributed by atoms with Crippen LogP contribution in [-0.2, 0) is 9.53 Å². The Bertz CT molecular complexity index is 792. The Morgan fingerprint density at radius 1 is 1.24 bits per heavy atom. The first-order valence-corrected chi connectivity index (χ1v) is 9.01. The third kappa shape index (κ3) is 4.36. The van der Waals surface area contributed by atoms with Crippen molar-refractivity contribution >= 4 is 29.3 Å². The summed E-state index contributed by atoms with van der Waals surface area (Å²) in [6, 6.07) is 9.24. The second-order valence-electron chi connectivity index (χ2n) is 5.82. The predicted octanol–water partition coefficient (Wildman–Crippen LogP) is 3.18. The Kier molecular flexibility index (Phi) is 5.33. The highest BCUT2D eigenvalue weighted by Gasteiger charge is 2.29. The van der Waals surface area contributed by atoms with Gasteiger partial charge in [0.1, 0.15) is 16.4 Å². The lowest BCUT2D eigenvalue weighted by Crippen LogP contribution is -2.16.